The molecule has 2 aliphatic rings. The zero-order chi connectivity index (χ0) is 19.8. The molecule has 0 radical (unpaired) electrons. The van der Waals surface area contributed by atoms with Crippen LogP contribution in [0.3, 0.4) is 0 Å². The molecule has 0 spiro atoms. The lowest BCUT2D eigenvalue weighted by atomic mass is 10.2. The largest absolute Gasteiger partial charge is 0.299 e. The van der Waals surface area contributed by atoms with E-state index in [1.165, 1.54) is 15.9 Å². The van der Waals surface area contributed by atoms with Crippen LogP contribution in [-0.2, 0) is 4.79 Å². The van der Waals surface area contributed by atoms with Crippen molar-refractivity contribution in [3.63, 3.8) is 0 Å². The van der Waals surface area contributed by atoms with Crippen molar-refractivity contribution < 1.29 is 4.79 Å². The first-order valence-electron chi connectivity index (χ1n) is 9.82. The highest BCUT2D eigenvalue weighted by Crippen LogP contribution is 2.52. The quantitative estimate of drug-likeness (QED) is 0.477. The van der Waals surface area contributed by atoms with Crippen LogP contribution in [0.1, 0.15) is 6.92 Å². The van der Waals surface area contributed by atoms with Crippen LogP contribution in [0.15, 0.2) is 103 Å². The molecule has 0 aliphatic carbocycles. The van der Waals surface area contributed by atoms with Crippen molar-refractivity contribution >= 4 is 45.8 Å². The number of β-lactam (4-membered cyclic amide) rings is 1. The third kappa shape index (κ3) is 2.84. The highest BCUT2D eigenvalue weighted by Gasteiger charge is 2.50. The molecule has 0 saturated carbocycles. The standard InChI is InChI=1S/C25H22NOPS/c1-19-17-18-26-24(27)23(25(26)29-19)28(20-11-5-2-6-12-20,21-13-7-3-8-14-21)22-15-9-4-10-16-22/h2-19,25H,1H3/t19?,25-/m1/s1. The molecule has 1 saturated heterocycles. The number of amides is 1. The van der Waals surface area contributed by atoms with Gasteiger partial charge in [-0.15, -0.1) is 11.8 Å². The van der Waals surface area contributed by atoms with Crippen LogP contribution in [0, 0.1) is 0 Å². The van der Waals surface area contributed by atoms with Crippen molar-refractivity contribution in [2.45, 2.75) is 17.5 Å². The number of carbonyl (C=O) groups is 1. The molecule has 0 N–H and O–H groups in total. The summed E-state index contributed by atoms with van der Waals surface area (Å²) in [6.07, 6.45) is 4.09. The van der Waals surface area contributed by atoms with Gasteiger partial charge in [0.1, 0.15) is 5.37 Å². The van der Waals surface area contributed by atoms with Crippen LogP contribution in [0.5, 0.6) is 0 Å². The zero-order valence-electron chi connectivity index (χ0n) is 16.2. The highest BCUT2D eigenvalue weighted by atomic mass is 32.2. The van der Waals surface area contributed by atoms with E-state index in [1.54, 1.807) is 0 Å². The lowest BCUT2D eigenvalue weighted by molar-refractivity contribution is -0.125. The number of thioether (sulfide) groups is 1. The molecule has 0 aromatic heterocycles. The Hall–Kier alpha value is -2.48. The predicted molar refractivity (Wildman–Crippen MR) is 127 cm³/mol. The van der Waals surface area contributed by atoms with Gasteiger partial charge in [0.2, 0.25) is 0 Å². The van der Waals surface area contributed by atoms with Gasteiger partial charge in [-0.1, -0.05) is 97.1 Å². The number of carbonyl (C=O) groups excluding carboxylic acids is 1. The van der Waals surface area contributed by atoms with E-state index < -0.39 is 6.89 Å². The molecule has 1 unspecified atom stereocenters. The maximum Gasteiger partial charge on any atom is 0.259 e. The van der Waals surface area contributed by atoms with Gasteiger partial charge in [0.25, 0.3) is 5.91 Å². The fourth-order valence-corrected chi connectivity index (χ4v) is 10.5. The third-order valence-electron chi connectivity index (χ3n) is 5.59. The van der Waals surface area contributed by atoms with Gasteiger partial charge in [0.05, 0.1) is 5.29 Å². The van der Waals surface area contributed by atoms with Crippen molar-refractivity contribution in [1.29, 1.82) is 0 Å². The van der Waals surface area contributed by atoms with E-state index in [9.17, 15) is 4.79 Å². The Morgan fingerprint density at radius 3 is 1.66 bits per heavy atom. The number of hydrogen-bond acceptors (Lipinski definition) is 2. The van der Waals surface area contributed by atoms with Crippen LogP contribution in [0.4, 0.5) is 0 Å². The Morgan fingerprint density at radius 1 is 0.759 bits per heavy atom. The van der Waals surface area contributed by atoms with Crippen molar-refractivity contribution in [3.8, 4) is 0 Å². The second-order valence-corrected chi connectivity index (χ2v) is 12.1. The van der Waals surface area contributed by atoms with Crippen LogP contribution in [0.2, 0.25) is 0 Å². The molecule has 5 rings (SSSR count). The van der Waals surface area contributed by atoms with Crippen LogP contribution >= 0.6 is 18.6 Å². The summed E-state index contributed by atoms with van der Waals surface area (Å²) >= 11 is 1.87. The molecule has 4 heteroatoms. The van der Waals surface area contributed by atoms with Gasteiger partial charge in [-0.2, -0.15) is 0 Å². The van der Waals surface area contributed by atoms with Gasteiger partial charge in [0, 0.05) is 11.4 Å². The Morgan fingerprint density at radius 2 is 1.21 bits per heavy atom. The highest BCUT2D eigenvalue weighted by molar-refractivity contribution is 8.04. The predicted octanol–water partition coefficient (Wildman–Crippen LogP) is 3.97. The Balaban J connectivity index is 1.93. The van der Waals surface area contributed by atoms with E-state index in [0.717, 1.165) is 5.29 Å². The molecule has 1 fully saturated rings. The summed E-state index contributed by atoms with van der Waals surface area (Å²) in [5.41, 5.74) is 0. The molecular formula is C25H22NOPS. The van der Waals surface area contributed by atoms with E-state index in [2.05, 4.69) is 85.8 Å². The maximum atomic E-state index is 13.5. The molecule has 2 atom stereocenters. The first-order valence-corrected chi connectivity index (χ1v) is 12.6. The molecule has 2 aliphatic heterocycles. The van der Waals surface area contributed by atoms with Crippen LogP contribution in [-0.4, -0.2) is 26.7 Å². The zero-order valence-corrected chi connectivity index (χ0v) is 17.9. The van der Waals surface area contributed by atoms with Gasteiger partial charge in [-0.25, -0.2) is 0 Å². The summed E-state index contributed by atoms with van der Waals surface area (Å²) in [6, 6.07) is 31.9. The first kappa shape index (κ1) is 18.5. The molecule has 0 bridgehead atoms. The molecule has 3 aromatic carbocycles. The van der Waals surface area contributed by atoms with Gasteiger partial charge >= 0.3 is 0 Å². The minimum Gasteiger partial charge on any atom is -0.299 e. The fraction of sp³-hybridized carbons (Fsp3) is 0.120. The minimum atomic E-state index is -2.26. The summed E-state index contributed by atoms with van der Waals surface area (Å²) in [6.45, 7) is -0.0577. The summed E-state index contributed by atoms with van der Waals surface area (Å²) in [7, 11) is 0. The van der Waals surface area contributed by atoms with Gasteiger partial charge in [-0.3, -0.25) is 9.69 Å². The smallest absolute Gasteiger partial charge is 0.259 e. The van der Waals surface area contributed by atoms with E-state index in [1.807, 2.05) is 41.1 Å². The van der Waals surface area contributed by atoms with Crippen molar-refractivity contribution in [1.82, 2.24) is 4.90 Å². The second-order valence-electron chi connectivity index (χ2n) is 7.31. The Kier molecular flexibility index (Phi) is 4.73. The number of fused-ring (bicyclic) bond motifs is 1. The Labute approximate surface area is 176 Å². The number of nitrogens with zero attached hydrogens (tertiary/aromatic N) is 1. The average molecular weight is 415 g/mol. The summed E-state index contributed by atoms with van der Waals surface area (Å²) < 4.78 is 0. The molecular weight excluding hydrogens is 393 g/mol. The van der Waals surface area contributed by atoms with Crippen LogP contribution < -0.4 is 15.9 Å². The van der Waals surface area contributed by atoms with Gasteiger partial charge < -0.3 is 0 Å². The van der Waals surface area contributed by atoms with Crippen molar-refractivity contribution in [2.24, 2.45) is 0 Å². The second kappa shape index (κ2) is 7.40. The fourth-order valence-electron chi connectivity index (χ4n) is 4.28. The van der Waals surface area contributed by atoms with Crippen molar-refractivity contribution in [3.05, 3.63) is 103 Å². The van der Waals surface area contributed by atoms with Crippen molar-refractivity contribution in [2.75, 3.05) is 0 Å². The number of hydrogen-bond donors (Lipinski definition) is 0. The average Bonchev–Trinajstić information content (AvgIpc) is 2.79. The summed E-state index contributed by atoms with van der Waals surface area (Å²) in [5.74, 6) is 0.163. The van der Waals surface area contributed by atoms with E-state index in [0.29, 0.717) is 5.25 Å². The molecule has 1 amide bonds. The monoisotopic (exact) mass is 415 g/mol. The van der Waals surface area contributed by atoms with Crippen LogP contribution in [0.25, 0.3) is 0 Å². The molecule has 3 aromatic rings. The number of rotatable bonds is 3. The lowest BCUT2D eigenvalue weighted by Gasteiger charge is -2.48. The molecule has 29 heavy (non-hydrogen) atoms. The van der Waals surface area contributed by atoms with Gasteiger partial charge in [0.15, 0.2) is 0 Å². The minimum absolute atomic E-state index is 0.0939. The normalized spacial score (nSPS) is 20.9. The lowest BCUT2D eigenvalue weighted by Crippen LogP contribution is -2.61. The molecule has 2 heterocycles. The van der Waals surface area contributed by atoms with Gasteiger partial charge in [-0.05, 0) is 29.7 Å². The SMILES string of the molecule is CC1C=CN2C(=O)C(=P(c3ccccc3)(c3ccccc3)c3ccccc3)[C@H]2S1. The van der Waals surface area contributed by atoms with E-state index in [4.69, 9.17) is 0 Å². The molecule has 2 nitrogen and oxygen atoms in total. The third-order valence-corrected chi connectivity index (χ3v) is 11.5. The molecule has 144 valence electrons. The summed E-state index contributed by atoms with van der Waals surface area (Å²) in [5, 5.41) is 5.26. The topological polar surface area (TPSA) is 20.3 Å². The summed E-state index contributed by atoms with van der Waals surface area (Å²) in [4.78, 5) is 15.4. The Bertz CT molecular complexity index is 1020. The maximum absolute atomic E-state index is 13.5. The van der Waals surface area contributed by atoms with E-state index >= 15 is 0 Å². The number of benzene rings is 3. The van der Waals surface area contributed by atoms with E-state index in [-0.39, 0.29) is 11.3 Å². The first-order chi connectivity index (χ1) is 14.2.